The highest BCUT2D eigenvalue weighted by atomic mass is 35.5. The number of halogens is 2. The molecule has 1 atom stereocenters. The molecule has 5 rings (SSSR count). The molecule has 3 aliphatic heterocycles. The molecule has 0 spiro atoms. The first-order valence-corrected chi connectivity index (χ1v) is 17.5. The quantitative estimate of drug-likeness (QED) is 0.377. The second-order valence-corrected chi connectivity index (χ2v) is 15.4. The van der Waals surface area contributed by atoms with Gasteiger partial charge in [0, 0.05) is 54.7 Å². The van der Waals surface area contributed by atoms with Gasteiger partial charge in [-0.3, -0.25) is 19.3 Å². The van der Waals surface area contributed by atoms with E-state index in [0.29, 0.717) is 30.2 Å². The number of hydrogen-bond acceptors (Lipinski definition) is 5. The lowest BCUT2D eigenvalue weighted by atomic mass is 9.86. The fourth-order valence-corrected chi connectivity index (χ4v) is 5.89. The molecule has 1 N–H and O–H groups in total. The standard InChI is InChI=1S/C13H24N2O.C12H23NO.C6H4ClF.C5H9NO2/c1-13(2,3)15-9-6-11(10-15)12(16)14-7-4-5-8-14;1-9-5-7-10(8-6-9)13-11(14)12(2,3)4;7-5-2-1-3-6(8)4-5;7-5-6-1-3-8-4-2-6/h11H,4-10H2,1-3H3;9-10H,5-8H2,1-4H3,(H,13,14);1-4H;5H,1-4H2. The zero-order valence-electron chi connectivity index (χ0n) is 29.5. The minimum absolute atomic E-state index is 0.192. The van der Waals surface area contributed by atoms with Gasteiger partial charge in [0.2, 0.25) is 18.2 Å². The van der Waals surface area contributed by atoms with Crippen LogP contribution in [0.1, 0.15) is 93.4 Å². The molecule has 0 aromatic heterocycles. The number of rotatable bonds is 3. The smallest absolute Gasteiger partial charge is 0.227 e. The molecule has 1 aromatic rings. The molecule has 4 aliphatic rings. The Morgan fingerprint density at radius 3 is 1.98 bits per heavy atom. The monoisotopic (exact) mass is 666 g/mol. The van der Waals surface area contributed by atoms with Gasteiger partial charge < -0.3 is 19.9 Å². The van der Waals surface area contributed by atoms with Gasteiger partial charge in [0.1, 0.15) is 5.82 Å². The molecule has 3 amide bonds. The lowest BCUT2D eigenvalue weighted by Gasteiger charge is -2.31. The number of carbonyl (C=O) groups excluding carboxylic acids is 3. The van der Waals surface area contributed by atoms with Crippen LogP contribution in [-0.4, -0.2) is 97.0 Å². The Balaban J connectivity index is 0.000000223. The fraction of sp³-hybridized carbons (Fsp3) is 0.750. The highest BCUT2D eigenvalue weighted by Gasteiger charge is 2.36. The number of nitrogens with one attached hydrogen (secondary N) is 1. The number of morpholine rings is 1. The van der Waals surface area contributed by atoms with E-state index in [-0.39, 0.29) is 28.6 Å². The summed E-state index contributed by atoms with van der Waals surface area (Å²) in [6.07, 6.45) is 9.13. The molecule has 1 unspecified atom stereocenters. The van der Waals surface area contributed by atoms with Crippen molar-refractivity contribution in [3.8, 4) is 0 Å². The van der Waals surface area contributed by atoms with Crippen molar-refractivity contribution >= 4 is 29.8 Å². The Labute approximate surface area is 282 Å². The molecule has 1 aromatic carbocycles. The number of hydrogen-bond donors (Lipinski definition) is 1. The molecule has 3 heterocycles. The zero-order chi connectivity index (χ0) is 34.3. The predicted octanol–water partition coefficient (Wildman–Crippen LogP) is 6.41. The van der Waals surface area contributed by atoms with Crippen LogP contribution in [-0.2, 0) is 19.1 Å². The van der Waals surface area contributed by atoms with Crippen LogP contribution in [0.15, 0.2) is 24.3 Å². The van der Waals surface area contributed by atoms with Gasteiger partial charge in [0.05, 0.1) is 19.1 Å². The highest BCUT2D eigenvalue weighted by molar-refractivity contribution is 6.30. The predicted molar refractivity (Wildman–Crippen MR) is 184 cm³/mol. The molecular formula is C36H60ClFN4O4. The summed E-state index contributed by atoms with van der Waals surface area (Å²) in [6, 6.07) is 6.24. The van der Waals surface area contributed by atoms with Crippen molar-refractivity contribution in [2.75, 3.05) is 52.5 Å². The highest BCUT2D eigenvalue weighted by Crippen LogP contribution is 2.27. The molecular weight excluding hydrogens is 607 g/mol. The van der Waals surface area contributed by atoms with Crippen molar-refractivity contribution in [1.29, 1.82) is 0 Å². The average Bonchev–Trinajstić information content (AvgIpc) is 3.72. The number of carbonyl (C=O) groups is 3. The van der Waals surface area contributed by atoms with E-state index in [2.05, 4.69) is 42.8 Å². The molecule has 46 heavy (non-hydrogen) atoms. The lowest BCUT2D eigenvalue weighted by molar-refractivity contribution is -0.134. The summed E-state index contributed by atoms with van der Waals surface area (Å²) >= 11 is 5.40. The number of benzene rings is 1. The topological polar surface area (TPSA) is 82.2 Å². The molecule has 3 saturated heterocycles. The second kappa shape index (κ2) is 19.6. The molecule has 8 nitrogen and oxygen atoms in total. The maximum atomic E-state index is 12.2. The third kappa shape index (κ3) is 15.1. The Morgan fingerprint density at radius 1 is 0.935 bits per heavy atom. The van der Waals surface area contributed by atoms with E-state index in [1.807, 2.05) is 20.8 Å². The molecule has 0 bridgehead atoms. The first-order chi connectivity index (χ1) is 21.6. The van der Waals surface area contributed by atoms with Crippen LogP contribution >= 0.6 is 11.6 Å². The van der Waals surface area contributed by atoms with Gasteiger partial charge in [-0.2, -0.15) is 0 Å². The molecule has 262 valence electrons. The fourth-order valence-electron chi connectivity index (χ4n) is 5.72. The minimum Gasteiger partial charge on any atom is -0.378 e. The Kier molecular flexibility index (Phi) is 17.0. The van der Waals surface area contributed by atoms with Gasteiger partial charge in [0.25, 0.3) is 0 Å². The van der Waals surface area contributed by atoms with E-state index < -0.39 is 0 Å². The van der Waals surface area contributed by atoms with E-state index in [9.17, 15) is 18.8 Å². The third-order valence-corrected chi connectivity index (χ3v) is 9.15. The summed E-state index contributed by atoms with van der Waals surface area (Å²) in [4.78, 5) is 40.2. The zero-order valence-corrected chi connectivity index (χ0v) is 30.2. The summed E-state index contributed by atoms with van der Waals surface area (Å²) in [5.41, 5.74) is -0.0386. The summed E-state index contributed by atoms with van der Waals surface area (Å²) in [6.45, 7) is 21.8. The SMILES string of the molecule is CC(C)(C)N1CCC(C(=O)N2CCCC2)C1.CC1CCC(NC(=O)C(C)(C)C)CC1.Fc1cccc(Cl)c1.O=CN1CCOCC1. The van der Waals surface area contributed by atoms with Crippen LogP contribution in [0.25, 0.3) is 0 Å². The first-order valence-electron chi connectivity index (χ1n) is 17.1. The Bertz CT molecular complexity index is 1040. The molecule has 1 aliphatic carbocycles. The van der Waals surface area contributed by atoms with E-state index in [1.165, 1.54) is 37.8 Å². The van der Waals surface area contributed by atoms with E-state index in [1.54, 1.807) is 17.0 Å². The van der Waals surface area contributed by atoms with E-state index >= 15 is 0 Å². The maximum Gasteiger partial charge on any atom is 0.227 e. The number of likely N-dealkylation sites (tertiary alicyclic amines) is 2. The third-order valence-electron chi connectivity index (χ3n) is 8.92. The molecule has 10 heteroatoms. The number of nitrogens with zero attached hydrogens (tertiary/aromatic N) is 3. The van der Waals surface area contributed by atoms with Gasteiger partial charge in [0.15, 0.2) is 0 Å². The second-order valence-electron chi connectivity index (χ2n) is 15.0. The van der Waals surface area contributed by atoms with Crippen molar-refractivity contribution in [1.82, 2.24) is 20.0 Å². The van der Waals surface area contributed by atoms with E-state index in [0.717, 1.165) is 70.9 Å². The van der Waals surface area contributed by atoms with Crippen LogP contribution in [0.5, 0.6) is 0 Å². The van der Waals surface area contributed by atoms with Gasteiger partial charge in [-0.15, -0.1) is 0 Å². The molecule has 0 radical (unpaired) electrons. The summed E-state index contributed by atoms with van der Waals surface area (Å²) < 4.78 is 17.1. The van der Waals surface area contributed by atoms with Crippen molar-refractivity contribution in [3.63, 3.8) is 0 Å². The van der Waals surface area contributed by atoms with Crippen molar-refractivity contribution in [2.24, 2.45) is 17.3 Å². The van der Waals surface area contributed by atoms with Gasteiger partial charge in [-0.25, -0.2) is 4.39 Å². The van der Waals surface area contributed by atoms with Crippen LogP contribution in [0.3, 0.4) is 0 Å². The average molecular weight is 667 g/mol. The molecule has 4 fully saturated rings. The van der Waals surface area contributed by atoms with Gasteiger partial charge >= 0.3 is 0 Å². The van der Waals surface area contributed by atoms with Crippen LogP contribution in [0, 0.1) is 23.1 Å². The van der Waals surface area contributed by atoms with Crippen LogP contribution < -0.4 is 5.32 Å². The summed E-state index contributed by atoms with van der Waals surface area (Å²) in [7, 11) is 0. The normalized spacial score (nSPS) is 23.5. The van der Waals surface area contributed by atoms with Crippen molar-refractivity contribution in [3.05, 3.63) is 35.1 Å². The van der Waals surface area contributed by atoms with Crippen molar-refractivity contribution in [2.45, 2.75) is 105 Å². The lowest BCUT2D eigenvalue weighted by Crippen LogP contribution is -2.43. The van der Waals surface area contributed by atoms with Gasteiger partial charge in [-0.05, 0) is 96.4 Å². The Morgan fingerprint density at radius 2 is 1.54 bits per heavy atom. The first kappa shape index (κ1) is 39.9. The molecule has 1 saturated carbocycles. The summed E-state index contributed by atoms with van der Waals surface area (Å²) in [5.74, 6) is 1.41. The maximum absolute atomic E-state index is 12.2. The van der Waals surface area contributed by atoms with Crippen LogP contribution in [0.4, 0.5) is 4.39 Å². The number of amides is 3. The largest absolute Gasteiger partial charge is 0.378 e. The van der Waals surface area contributed by atoms with E-state index in [4.69, 9.17) is 16.3 Å². The number of ether oxygens (including phenoxy) is 1. The summed E-state index contributed by atoms with van der Waals surface area (Å²) in [5, 5.41) is 3.58. The van der Waals surface area contributed by atoms with Gasteiger partial charge in [-0.1, -0.05) is 45.4 Å². The Hall–Kier alpha value is -2.23. The minimum atomic E-state index is -0.294. The van der Waals surface area contributed by atoms with Crippen molar-refractivity contribution < 1.29 is 23.5 Å². The van der Waals surface area contributed by atoms with Crippen LogP contribution in [0.2, 0.25) is 5.02 Å².